The molecule has 0 fully saturated rings. The van der Waals surface area contributed by atoms with Crippen molar-refractivity contribution in [1.29, 1.82) is 0 Å². The average Bonchev–Trinajstić information content (AvgIpc) is 2.12. The van der Waals surface area contributed by atoms with E-state index in [4.69, 9.17) is 4.55 Å². The molecule has 1 radical (unpaired) electrons. The normalized spacial score (nSPS) is 11.7. The highest BCUT2D eigenvalue weighted by atomic mass is 32.2. The van der Waals surface area contributed by atoms with E-state index in [9.17, 15) is 8.42 Å². The van der Waals surface area contributed by atoms with Gasteiger partial charge in [0, 0.05) is 4.88 Å². The summed E-state index contributed by atoms with van der Waals surface area (Å²) in [6, 6.07) is 3.32. The molecule has 0 amide bonds. The Morgan fingerprint density at radius 1 is 1.60 bits per heavy atom. The van der Waals surface area contributed by atoms with Gasteiger partial charge in [-0.1, -0.05) is 6.07 Å². The van der Waals surface area contributed by atoms with E-state index in [0.29, 0.717) is 4.88 Å². The van der Waals surface area contributed by atoms with E-state index in [-0.39, 0.29) is 0 Å². The van der Waals surface area contributed by atoms with Crippen LogP contribution in [-0.2, 0) is 10.1 Å². The maximum absolute atomic E-state index is 10.2. The van der Waals surface area contributed by atoms with Crippen molar-refractivity contribution >= 4 is 21.5 Å². The highest BCUT2D eigenvalue weighted by Gasteiger charge is 2.06. The van der Waals surface area contributed by atoms with Crippen LogP contribution < -0.4 is 0 Å². The molecule has 0 atom stereocenters. The summed E-state index contributed by atoms with van der Waals surface area (Å²) in [5.41, 5.74) is 0. The van der Waals surface area contributed by atoms with Crippen LogP contribution in [0.25, 0.3) is 0 Å². The van der Waals surface area contributed by atoms with Gasteiger partial charge in [-0.25, -0.2) is 0 Å². The predicted molar refractivity (Wildman–Crippen MR) is 39.3 cm³/mol. The van der Waals surface area contributed by atoms with Crippen LogP contribution in [-0.4, -0.2) is 13.0 Å². The zero-order chi connectivity index (χ0) is 7.61. The third kappa shape index (κ3) is 2.47. The Bertz CT molecular complexity index is 285. The molecule has 1 aromatic heterocycles. The lowest BCUT2D eigenvalue weighted by Crippen LogP contribution is -1.96. The van der Waals surface area contributed by atoms with Crippen molar-refractivity contribution in [3.8, 4) is 0 Å². The monoisotopic (exact) mass is 177 g/mol. The van der Waals surface area contributed by atoms with Crippen LogP contribution in [0, 0.1) is 5.75 Å². The van der Waals surface area contributed by atoms with Crippen molar-refractivity contribution in [2.75, 3.05) is 0 Å². The molecule has 0 bridgehead atoms. The first-order valence-corrected chi connectivity index (χ1v) is 4.82. The molecule has 10 heavy (non-hydrogen) atoms. The second-order valence-electron chi connectivity index (χ2n) is 1.65. The molecule has 0 aliphatic heterocycles. The molecular weight excluding hydrogens is 172 g/mol. The zero-order valence-corrected chi connectivity index (χ0v) is 6.52. The van der Waals surface area contributed by atoms with E-state index in [0.717, 1.165) is 5.75 Å². The van der Waals surface area contributed by atoms with Gasteiger partial charge in [0.25, 0.3) is 10.1 Å². The molecule has 1 N–H and O–H groups in total. The standard InChI is InChI=1S/C5H5O3S2/c6-10(7,8)4-5-2-1-3-9-5/h1-4H,(H,6,7,8). The van der Waals surface area contributed by atoms with Gasteiger partial charge in [-0.15, -0.1) is 11.3 Å². The Labute approximate surface area is 63.1 Å². The molecule has 0 aliphatic rings. The smallest absolute Gasteiger partial charge is 0.274 e. The van der Waals surface area contributed by atoms with Gasteiger partial charge in [-0.3, -0.25) is 4.55 Å². The van der Waals surface area contributed by atoms with E-state index in [1.807, 2.05) is 0 Å². The van der Waals surface area contributed by atoms with Crippen molar-refractivity contribution in [3.63, 3.8) is 0 Å². The molecule has 55 valence electrons. The summed E-state index contributed by atoms with van der Waals surface area (Å²) in [5.74, 6) is 0.817. The topological polar surface area (TPSA) is 54.4 Å². The van der Waals surface area contributed by atoms with Crippen LogP contribution in [0.15, 0.2) is 17.5 Å². The van der Waals surface area contributed by atoms with Crippen LogP contribution in [0.2, 0.25) is 0 Å². The fourth-order valence-electron chi connectivity index (χ4n) is 0.505. The molecule has 0 saturated heterocycles. The van der Waals surface area contributed by atoms with Gasteiger partial charge in [0.2, 0.25) is 0 Å². The van der Waals surface area contributed by atoms with E-state index in [1.54, 1.807) is 17.5 Å². The number of hydrogen-bond donors (Lipinski definition) is 1. The number of hydrogen-bond acceptors (Lipinski definition) is 3. The fraction of sp³-hybridized carbons (Fsp3) is 0. The summed E-state index contributed by atoms with van der Waals surface area (Å²) < 4.78 is 28.7. The summed E-state index contributed by atoms with van der Waals surface area (Å²) >= 11 is 1.26. The van der Waals surface area contributed by atoms with Gasteiger partial charge in [0.15, 0.2) is 0 Å². The molecular formula is C5H5O3S2. The summed E-state index contributed by atoms with van der Waals surface area (Å²) in [5, 5.41) is 1.73. The largest absolute Gasteiger partial charge is 0.285 e. The van der Waals surface area contributed by atoms with Crippen molar-refractivity contribution in [1.82, 2.24) is 0 Å². The lowest BCUT2D eigenvalue weighted by Gasteiger charge is -1.88. The first-order chi connectivity index (χ1) is 4.58. The Balaban J connectivity index is 2.75. The molecule has 5 heteroatoms. The molecule has 0 aromatic carbocycles. The average molecular weight is 177 g/mol. The third-order valence-corrected chi connectivity index (χ3v) is 2.33. The predicted octanol–water partition coefficient (Wildman–Crippen LogP) is 1.15. The van der Waals surface area contributed by atoms with E-state index in [1.165, 1.54) is 11.3 Å². The van der Waals surface area contributed by atoms with Crippen molar-refractivity contribution in [3.05, 3.63) is 28.1 Å². The van der Waals surface area contributed by atoms with E-state index < -0.39 is 10.1 Å². The fourth-order valence-corrected chi connectivity index (χ4v) is 1.94. The van der Waals surface area contributed by atoms with Gasteiger partial charge in [-0.2, -0.15) is 8.42 Å². The minimum absolute atomic E-state index is 0.530. The quantitative estimate of drug-likeness (QED) is 0.689. The van der Waals surface area contributed by atoms with Crippen molar-refractivity contribution in [2.24, 2.45) is 0 Å². The molecule has 0 unspecified atom stereocenters. The summed E-state index contributed by atoms with van der Waals surface area (Å²) in [6.45, 7) is 0. The van der Waals surface area contributed by atoms with Crippen LogP contribution in [0.3, 0.4) is 0 Å². The Morgan fingerprint density at radius 3 is 2.70 bits per heavy atom. The summed E-state index contributed by atoms with van der Waals surface area (Å²) in [4.78, 5) is 0.530. The minimum atomic E-state index is -3.96. The lowest BCUT2D eigenvalue weighted by atomic mass is 10.5. The Morgan fingerprint density at radius 2 is 2.30 bits per heavy atom. The van der Waals surface area contributed by atoms with Crippen molar-refractivity contribution in [2.45, 2.75) is 0 Å². The molecule has 0 aliphatic carbocycles. The summed E-state index contributed by atoms with van der Waals surface area (Å²) in [6.07, 6.45) is 0. The van der Waals surface area contributed by atoms with Crippen LogP contribution in [0.1, 0.15) is 4.88 Å². The first kappa shape index (κ1) is 7.71. The van der Waals surface area contributed by atoms with Gasteiger partial charge in [0.1, 0.15) is 5.75 Å². The maximum atomic E-state index is 10.2. The minimum Gasteiger partial charge on any atom is -0.285 e. The summed E-state index contributed by atoms with van der Waals surface area (Å²) in [7, 11) is -3.96. The van der Waals surface area contributed by atoms with Gasteiger partial charge in [0.05, 0.1) is 0 Å². The highest BCUT2D eigenvalue weighted by molar-refractivity contribution is 7.88. The molecule has 1 rings (SSSR count). The number of rotatable bonds is 2. The zero-order valence-electron chi connectivity index (χ0n) is 4.89. The highest BCUT2D eigenvalue weighted by Crippen LogP contribution is 2.13. The Kier molecular flexibility index (Phi) is 2.08. The van der Waals surface area contributed by atoms with Crippen LogP contribution in [0.5, 0.6) is 0 Å². The van der Waals surface area contributed by atoms with E-state index in [2.05, 4.69) is 0 Å². The maximum Gasteiger partial charge on any atom is 0.274 e. The SMILES string of the molecule is O=S(=O)(O)[CH]c1cccs1. The third-order valence-electron chi connectivity index (χ3n) is 0.808. The molecule has 0 saturated carbocycles. The molecule has 1 aromatic rings. The lowest BCUT2D eigenvalue weighted by molar-refractivity contribution is 0.491. The number of thiophene rings is 1. The van der Waals surface area contributed by atoms with E-state index >= 15 is 0 Å². The molecule has 0 spiro atoms. The van der Waals surface area contributed by atoms with Gasteiger partial charge in [-0.05, 0) is 11.4 Å². The van der Waals surface area contributed by atoms with Crippen molar-refractivity contribution < 1.29 is 13.0 Å². The van der Waals surface area contributed by atoms with Gasteiger partial charge < -0.3 is 0 Å². The molecule has 3 nitrogen and oxygen atoms in total. The van der Waals surface area contributed by atoms with Crippen LogP contribution >= 0.6 is 11.3 Å². The van der Waals surface area contributed by atoms with Gasteiger partial charge >= 0.3 is 0 Å². The van der Waals surface area contributed by atoms with Crippen LogP contribution in [0.4, 0.5) is 0 Å². The second kappa shape index (κ2) is 2.69. The Hall–Kier alpha value is -0.390. The second-order valence-corrected chi connectivity index (χ2v) is 3.89. The molecule has 1 heterocycles. The first-order valence-electron chi connectivity index (χ1n) is 2.44.